The highest BCUT2D eigenvalue weighted by molar-refractivity contribution is 5.90. The smallest absolute Gasteiger partial charge is 0.203 e. The molecule has 2 aromatic heterocycles. The van der Waals surface area contributed by atoms with Crippen LogP contribution >= 0.6 is 0 Å². The summed E-state index contributed by atoms with van der Waals surface area (Å²) in [5.74, 6) is 1.21. The number of nitrogens with zero attached hydrogens (tertiary/aromatic N) is 6. The Kier molecular flexibility index (Phi) is 2.75. The van der Waals surface area contributed by atoms with E-state index in [1.165, 1.54) is 0 Å². The molecule has 6 nitrogen and oxygen atoms in total. The molecule has 6 heteroatoms. The van der Waals surface area contributed by atoms with Gasteiger partial charge >= 0.3 is 0 Å². The van der Waals surface area contributed by atoms with Gasteiger partial charge in [-0.3, -0.25) is 9.36 Å². The number of hydrogen-bond acceptors (Lipinski definition) is 4. The normalized spacial score (nSPS) is 11.9. The molecule has 0 aliphatic heterocycles. The lowest BCUT2D eigenvalue weighted by Crippen LogP contribution is -1.88. The predicted molar refractivity (Wildman–Crippen MR) is 85.6 cm³/mol. The summed E-state index contributed by atoms with van der Waals surface area (Å²) in [5.41, 5.74) is 2.06. The zero-order valence-corrected chi connectivity index (χ0v) is 12.3. The minimum absolute atomic E-state index is 0.604. The van der Waals surface area contributed by atoms with Gasteiger partial charge < -0.3 is 0 Å². The van der Waals surface area contributed by atoms with Gasteiger partial charge in [0.1, 0.15) is 0 Å². The molecule has 0 amide bonds. The lowest BCUT2D eigenvalue weighted by atomic mass is 10.2. The van der Waals surface area contributed by atoms with Crippen LogP contribution in [-0.4, -0.2) is 19.6 Å². The molecular weight excluding hydrogens is 276 g/mol. The van der Waals surface area contributed by atoms with Crippen molar-refractivity contribution in [1.29, 1.82) is 0 Å². The maximum absolute atomic E-state index is 4.41. The van der Waals surface area contributed by atoms with E-state index in [1.54, 1.807) is 9.36 Å². The molecular formula is C16H14N6. The van der Waals surface area contributed by atoms with E-state index in [9.17, 15) is 0 Å². The van der Waals surface area contributed by atoms with Gasteiger partial charge in [0, 0.05) is 24.9 Å². The molecule has 0 spiro atoms. The molecule has 22 heavy (non-hydrogen) atoms. The van der Waals surface area contributed by atoms with Crippen LogP contribution in [0.15, 0.2) is 58.8 Å². The Morgan fingerprint density at radius 2 is 1.09 bits per heavy atom. The summed E-state index contributed by atoms with van der Waals surface area (Å²) in [6.45, 7) is 0. The van der Waals surface area contributed by atoms with Crippen LogP contribution < -0.4 is 0 Å². The van der Waals surface area contributed by atoms with Crippen LogP contribution in [0.1, 0.15) is 0 Å². The van der Waals surface area contributed by atoms with Gasteiger partial charge in [-0.2, -0.15) is 10.2 Å². The van der Waals surface area contributed by atoms with E-state index < -0.39 is 0 Å². The number of hydrogen-bond donors (Lipinski definition) is 0. The molecule has 0 unspecified atom stereocenters. The number of aromatic nitrogens is 4. The third-order valence-electron chi connectivity index (χ3n) is 3.72. The van der Waals surface area contributed by atoms with E-state index in [2.05, 4.69) is 20.4 Å². The van der Waals surface area contributed by atoms with E-state index in [-0.39, 0.29) is 0 Å². The Morgan fingerprint density at radius 3 is 1.55 bits per heavy atom. The maximum Gasteiger partial charge on any atom is 0.203 e. The molecule has 4 aromatic rings. The summed E-state index contributed by atoms with van der Waals surface area (Å²) in [5, 5.41) is 19.4. The first-order chi connectivity index (χ1) is 10.7. The van der Waals surface area contributed by atoms with Gasteiger partial charge in [-0.15, -0.1) is 10.2 Å². The Morgan fingerprint density at radius 1 is 0.682 bits per heavy atom. The molecule has 0 bridgehead atoms. The zero-order valence-electron chi connectivity index (χ0n) is 12.3. The minimum Gasteiger partial charge on any atom is -0.266 e. The van der Waals surface area contributed by atoms with E-state index >= 15 is 0 Å². The first-order valence-electron chi connectivity index (χ1n) is 6.99. The van der Waals surface area contributed by atoms with Crippen molar-refractivity contribution in [2.24, 2.45) is 24.3 Å². The summed E-state index contributed by atoms with van der Waals surface area (Å²) in [6.07, 6.45) is 0. The molecule has 0 fully saturated rings. The Hall–Kier alpha value is -3.02. The van der Waals surface area contributed by atoms with Crippen molar-refractivity contribution in [1.82, 2.24) is 19.6 Å². The van der Waals surface area contributed by atoms with Crippen LogP contribution in [0.25, 0.3) is 21.8 Å². The molecule has 0 radical (unpaired) electrons. The van der Waals surface area contributed by atoms with Crippen molar-refractivity contribution in [3.05, 3.63) is 48.5 Å². The first kappa shape index (κ1) is 12.7. The van der Waals surface area contributed by atoms with Crippen LogP contribution in [0, 0.1) is 0 Å². The van der Waals surface area contributed by atoms with Crippen molar-refractivity contribution < 1.29 is 0 Å². The number of rotatable bonds is 2. The Bertz CT molecular complexity index is 926. The highest BCUT2D eigenvalue weighted by Crippen LogP contribution is 2.29. The summed E-state index contributed by atoms with van der Waals surface area (Å²) in [4.78, 5) is 0. The Labute approximate surface area is 126 Å². The largest absolute Gasteiger partial charge is 0.266 e. The lowest BCUT2D eigenvalue weighted by Gasteiger charge is -1.90. The Balaban J connectivity index is 1.83. The highest BCUT2D eigenvalue weighted by atomic mass is 15.4. The van der Waals surface area contributed by atoms with Crippen molar-refractivity contribution in [2.75, 3.05) is 0 Å². The molecule has 0 saturated heterocycles. The van der Waals surface area contributed by atoms with E-state index in [0.29, 0.717) is 11.6 Å². The van der Waals surface area contributed by atoms with Crippen molar-refractivity contribution in [2.45, 2.75) is 0 Å². The predicted octanol–water partition coefficient (Wildman–Crippen LogP) is 3.88. The third kappa shape index (κ3) is 1.88. The van der Waals surface area contributed by atoms with E-state index in [0.717, 1.165) is 21.8 Å². The molecule has 2 heterocycles. The monoisotopic (exact) mass is 290 g/mol. The fraction of sp³-hybridized carbons (Fsp3) is 0.125. The molecule has 0 aliphatic carbocycles. The van der Waals surface area contributed by atoms with Gasteiger partial charge in [-0.05, 0) is 24.3 Å². The molecule has 0 N–H and O–H groups in total. The van der Waals surface area contributed by atoms with Crippen LogP contribution in [-0.2, 0) is 14.1 Å². The third-order valence-corrected chi connectivity index (χ3v) is 3.72. The maximum atomic E-state index is 4.41. The fourth-order valence-corrected chi connectivity index (χ4v) is 2.63. The fourth-order valence-electron chi connectivity index (χ4n) is 2.63. The summed E-state index contributed by atoms with van der Waals surface area (Å²) >= 11 is 0. The standard InChI is InChI=1S/C16H14N6/c1-21-13-9-5-3-7-11(13)15(19-21)17-18-16-12-8-4-6-10-14(12)22(2)20-16/h3-10H,1-2H3. The van der Waals surface area contributed by atoms with Gasteiger partial charge in [-0.1, -0.05) is 24.3 Å². The van der Waals surface area contributed by atoms with Crippen LogP contribution in [0.3, 0.4) is 0 Å². The number of fused-ring (bicyclic) bond motifs is 2. The van der Waals surface area contributed by atoms with Gasteiger partial charge in [0.25, 0.3) is 0 Å². The number of para-hydroxylation sites is 2. The summed E-state index contributed by atoms with van der Waals surface area (Å²) in [6, 6.07) is 15.9. The van der Waals surface area contributed by atoms with Gasteiger partial charge in [0.05, 0.1) is 11.0 Å². The molecule has 0 saturated carbocycles. The van der Waals surface area contributed by atoms with Crippen LogP contribution in [0.2, 0.25) is 0 Å². The molecule has 108 valence electrons. The van der Waals surface area contributed by atoms with Gasteiger partial charge in [-0.25, -0.2) is 0 Å². The average Bonchev–Trinajstić information content (AvgIpc) is 3.04. The zero-order chi connectivity index (χ0) is 15.1. The molecule has 4 rings (SSSR count). The van der Waals surface area contributed by atoms with E-state index in [1.807, 2.05) is 62.6 Å². The SMILES string of the molecule is Cn1nc(N=Nc2nn(C)c3ccccc23)c2ccccc21. The van der Waals surface area contributed by atoms with Crippen molar-refractivity contribution in [3.63, 3.8) is 0 Å². The molecule has 2 aromatic carbocycles. The lowest BCUT2D eigenvalue weighted by molar-refractivity contribution is 0.786. The summed E-state index contributed by atoms with van der Waals surface area (Å²) < 4.78 is 3.61. The molecule has 0 atom stereocenters. The molecule has 0 aliphatic rings. The average molecular weight is 290 g/mol. The van der Waals surface area contributed by atoms with Crippen LogP contribution in [0.4, 0.5) is 11.6 Å². The topological polar surface area (TPSA) is 60.4 Å². The first-order valence-corrected chi connectivity index (χ1v) is 6.99. The minimum atomic E-state index is 0.604. The second-order valence-corrected chi connectivity index (χ2v) is 5.13. The highest BCUT2D eigenvalue weighted by Gasteiger charge is 2.09. The van der Waals surface area contributed by atoms with Crippen molar-refractivity contribution >= 4 is 33.4 Å². The van der Waals surface area contributed by atoms with Gasteiger partial charge in [0.15, 0.2) is 0 Å². The second-order valence-electron chi connectivity index (χ2n) is 5.13. The quantitative estimate of drug-likeness (QED) is 0.526. The van der Waals surface area contributed by atoms with Crippen LogP contribution in [0.5, 0.6) is 0 Å². The van der Waals surface area contributed by atoms with E-state index in [4.69, 9.17) is 0 Å². The second kappa shape index (κ2) is 4.77. The number of azo groups is 1. The van der Waals surface area contributed by atoms with Crippen molar-refractivity contribution in [3.8, 4) is 0 Å². The number of aryl methyl sites for hydroxylation is 2. The number of benzene rings is 2. The van der Waals surface area contributed by atoms with Gasteiger partial charge in [0.2, 0.25) is 11.6 Å². The summed E-state index contributed by atoms with van der Waals surface area (Å²) in [7, 11) is 3.80.